The number of likely N-dealkylation sites (N-methyl/N-ethyl adjacent to an activating group) is 1. The van der Waals surface area contributed by atoms with Gasteiger partial charge in [0.1, 0.15) is 6.04 Å². The molecule has 120 valence electrons. The highest BCUT2D eigenvalue weighted by atomic mass is 35.5. The van der Waals surface area contributed by atoms with Gasteiger partial charge in [-0.2, -0.15) is 13.2 Å². The predicted molar refractivity (Wildman–Crippen MR) is 74.1 cm³/mol. The Hall–Kier alpha value is -1.76. The Morgan fingerprint density at radius 3 is 2.68 bits per heavy atom. The molecule has 1 heterocycles. The molecule has 4 nitrogen and oxygen atoms in total. The minimum Gasteiger partial charge on any atom is -0.350 e. The summed E-state index contributed by atoms with van der Waals surface area (Å²) in [5, 5.41) is 2.10. The Morgan fingerprint density at radius 1 is 1.45 bits per heavy atom. The highest BCUT2D eigenvalue weighted by molar-refractivity contribution is 6.32. The first kappa shape index (κ1) is 16.6. The summed E-state index contributed by atoms with van der Waals surface area (Å²) in [5.41, 5.74) is -0.758. The molecule has 1 fully saturated rings. The lowest BCUT2D eigenvalue weighted by atomic mass is 10.1. The number of nitrogens with zero attached hydrogens (tertiary/aromatic N) is 1. The fraction of sp³-hybridized carbons (Fsp3) is 0.429. The van der Waals surface area contributed by atoms with Gasteiger partial charge in [-0.25, -0.2) is 0 Å². The molecule has 2 amide bonds. The summed E-state index contributed by atoms with van der Waals surface area (Å²) >= 11 is 5.75. The van der Waals surface area contributed by atoms with Gasteiger partial charge in [-0.05, 0) is 18.1 Å². The van der Waals surface area contributed by atoms with Crippen molar-refractivity contribution in [3.8, 4) is 0 Å². The molecule has 2 rings (SSSR count). The van der Waals surface area contributed by atoms with E-state index in [9.17, 15) is 22.8 Å². The maximum Gasteiger partial charge on any atom is 0.417 e. The van der Waals surface area contributed by atoms with Gasteiger partial charge in [-0.3, -0.25) is 9.59 Å². The smallest absolute Gasteiger partial charge is 0.350 e. The zero-order valence-corrected chi connectivity index (χ0v) is 12.5. The number of carbonyl (C=O) groups excluding carboxylic acids is 2. The van der Waals surface area contributed by atoms with Crippen LogP contribution < -0.4 is 5.32 Å². The Kier molecular flexibility index (Phi) is 4.65. The quantitative estimate of drug-likeness (QED) is 0.923. The van der Waals surface area contributed by atoms with Crippen molar-refractivity contribution in [2.24, 2.45) is 0 Å². The van der Waals surface area contributed by atoms with E-state index < -0.39 is 28.7 Å². The van der Waals surface area contributed by atoms with Gasteiger partial charge in [0.15, 0.2) is 0 Å². The fourth-order valence-electron chi connectivity index (χ4n) is 2.35. The number of nitrogens with one attached hydrogen (secondary N) is 1. The molecule has 0 radical (unpaired) electrons. The molecular weight excluding hydrogens is 321 g/mol. The number of hydrogen-bond acceptors (Lipinski definition) is 2. The molecule has 1 aliphatic heterocycles. The third-order valence-electron chi connectivity index (χ3n) is 3.63. The van der Waals surface area contributed by atoms with Crippen molar-refractivity contribution in [3.63, 3.8) is 0 Å². The fourth-order valence-corrected chi connectivity index (χ4v) is 2.65. The van der Waals surface area contributed by atoms with Gasteiger partial charge >= 0.3 is 6.18 Å². The van der Waals surface area contributed by atoms with Crippen LogP contribution in [0.2, 0.25) is 5.02 Å². The molecule has 1 N–H and O–H groups in total. The monoisotopic (exact) mass is 334 g/mol. The van der Waals surface area contributed by atoms with Crippen LogP contribution in [0.15, 0.2) is 18.2 Å². The third-order valence-corrected chi connectivity index (χ3v) is 4.08. The topological polar surface area (TPSA) is 49.4 Å². The van der Waals surface area contributed by atoms with Gasteiger partial charge in [-0.1, -0.05) is 23.7 Å². The second kappa shape index (κ2) is 6.16. The van der Waals surface area contributed by atoms with Crippen LogP contribution in [0, 0.1) is 0 Å². The van der Waals surface area contributed by atoms with E-state index in [4.69, 9.17) is 11.6 Å². The molecule has 0 aliphatic carbocycles. The third kappa shape index (κ3) is 3.35. The highest BCUT2D eigenvalue weighted by Gasteiger charge is 2.35. The van der Waals surface area contributed by atoms with Gasteiger partial charge in [0.25, 0.3) is 0 Å². The first-order valence-corrected chi connectivity index (χ1v) is 6.97. The Balaban J connectivity index is 2.06. The van der Waals surface area contributed by atoms with Crippen molar-refractivity contribution in [2.75, 3.05) is 7.05 Å². The maximum atomic E-state index is 12.8. The Labute approximate surface area is 130 Å². The van der Waals surface area contributed by atoms with Gasteiger partial charge < -0.3 is 10.2 Å². The van der Waals surface area contributed by atoms with Crippen molar-refractivity contribution < 1.29 is 22.8 Å². The largest absolute Gasteiger partial charge is 0.417 e. The van der Waals surface area contributed by atoms with E-state index in [1.807, 2.05) is 0 Å². The van der Waals surface area contributed by atoms with Crippen LogP contribution in [0.1, 0.15) is 24.0 Å². The van der Waals surface area contributed by atoms with E-state index in [0.717, 1.165) is 6.07 Å². The molecule has 1 aromatic carbocycles. The van der Waals surface area contributed by atoms with E-state index in [0.29, 0.717) is 12.8 Å². The summed E-state index contributed by atoms with van der Waals surface area (Å²) in [6.07, 6.45) is -3.86. The molecule has 0 bridgehead atoms. The first-order valence-electron chi connectivity index (χ1n) is 6.59. The second-order valence-corrected chi connectivity index (χ2v) is 5.43. The maximum absolute atomic E-state index is 12.8. The van der Waals surface area contributed by atoms with Crippen LogP contribution in [-0.4, -0.2) is 29.8 Å². The number of rotatable bonds is 3. The number of benzene rings is 1. The lowest BCUT2D eigenvalue weighted by molar-refractivity contribution is -0.137. The summed E-state index contributed by atoms with van der Waals surface area (Å²) in [4.78, 5) is 24.7. The van der Waals surface area contributed by atoms with Crippen molar-refractivity contribution in [2.45, 2.75) is 31.6 Å². The molecule has 0 unspecified atom stereocenters. The predicted octanol–water partition coefficient (Wildman–Crippen LogP) is 2.60. The summed E-state index contributed by atoms with van der Waals surface area (Å²) in [5.74, 6) is -0.529. The van der Waals surface area contributed by atoms with E-state index in [1.165, 1.54) is 24.1 Å². The van der Waals surface area contributed by atoms with Gasteiger partial charge in [0.05, 0.1) is 10.6 Å². The minimum absolute atomic E-state index is 0.125. The average molecular weight is 335 g/mol. The van der Waals surface area contributed by atoms with Crippen LogP contribution in [0.5, 0.6) is 0 Å². The highest BCUT2D eigenvalue weighted by Crippen LogP contribution is 2.36. The van der Waals surface area contributed by atoms with Crippen LogP contribution in [0.25, 0.3) is 0 Å². The molecule has 22 heavy (non-hydrogen) atoms. The van der Waals surface area contributed by atoms with Crippen LogP contribution >= 0.6 is 11.6 Å². The number of alkyl halides is 3. The summed E-state index contributed by atoms with van der Waals surface area (Å²) in [6, 6.07) is 2.96. The molecule has 1 saturated heterocycles. The molecule has 0 spiro atoms. The van der Waals surface area contributed by atoms with Crippen molar-refractivity contribution >= 4 is 23.4 Å². The number of carbonyl (C=O) groups is 2. The van der Waals surface area contributed by atoms with Crippen molar-refractivity contribution in [1.29, 1.82) is 0 Å². The SMILES string of the molecule is CN1C(=O)CC[C@H]1C(=O)NCc1cccc(C(F)(F)F)c1Cl. The number of hydrogen-bond donors (Lipinski definition) is 1. The Morgan fingerprint density at radius 2 is 2.14 bits per heavy atom. The molecule has 1 atom stereocenters. The standard InChI is InChI=1S/C14H14ClF3N2O2/c1-20-10(5-6-11(20)21)13(22)19-7-8-3-2-4-9(12(8)15)14(16,17)18/h2-4,10H,5-7H2,1H3,(H,19,22)/t10-/m0/s1. The minimum atomic E-state index is -4.55. The van der Waals surface area contributed by atoms with E-state index >= 15 is 0 Å². The Bertz CT molecular complexity index is 604. The lowest BCUT2D eigenvalue weighted by Gasteiger charge is -2.19. The number of halogens is 4. The van der Waals surface area contributed by atoms with E-state index in [2.05, 4.69) is 5.32 Å². The van der Waals surface area contributed by atoms with Gasteiger partial charge in [0.2, 0.25) is 11.8 Å². The zero-order chi connectivity index (χ0) is 16.5. The first-order chi connectivity index (χ1) is 10.2. The molecule has 0 saturated carbocycles. The molecule has 1 aromatic rings. The molecular formula is C14H14ClF3N2O2. The van der Waals surface area contributed by atoms with Crippen molar-refractivity contribution in [3.05, 3.63) is 34.3 Å². The molecule has 1 aliphatic rings. The van der Waals surface area contributed by atoms with Gasteiger partial charge in [-0.15, -0.1) is 0 Å². The molecule has 0 aromatic heterocycles. The van der Waals surface area contributed by atoms with E-state index in [1.54, 1.807) is 0 Å². The summed E-state index contributed by atoms with van der Waals surface area (Å²) in [6.45, 7) is -0.125. The normalized spacial score (nSPS) is 18.7. The van der Waals surface area contributed by atoms with E-state index in [-0.39, 0.29) is 18.0 Å². The van der Waals surface area contributed by atoms with Crippen LogP contribution in [0.4, 0.5) is 13.2 Å². The summed E-state index contributed by atoms with van der Waals surface area (Å²) in [7, 11) is 1.52. The lowest BCUT2D eigenvalue weighted by Crippen LogP contribution is -2.42. The summed E-state index contributed by atoms with van der Waals surface area (Å²) < 4.78 is 38.3. The zero-order valence-electron chi connectivity index (χ0n) is 11.7. The average Bonchev–Trinajstić information content (AvgIpc) is 2.76. The molecule has 8 heteroatoms. The van der Waals surface area contributed by atoms with Crippen molar-refractivity contribution in [1.82, 2.24) is 10.2 Å². The number of likely N-dealkylation sites (tertiary alicyclic amines) is 1. The van der Waals surface area contributed by atoms with Crippen LogP contribution in [0.3, 0.4) is 0 Å². The van der Waals surface area contributed by atoms with Crippen LogP contribution in [-0.2, 0) is 22.3 Å². The second-order valence-electron chi connectivity index (χ2n) is 5.05. The van der Waals surface area contributed by atoms with Gasteiger partial charge in [0, 0.05) is 20.0 Å². The number of amides is 2.